The third kappa shape index (κ3) is 2.32. The van der Waals surface area contributed by atoms with Gasteiger partial charge in [-0.05, 0) is 26.8 Å². The number of hydrogen-bond acceptors (Lipinski definition) is 5. The maximum absolute atomic E-state index is 11.8. The van der Waals surface area contributed by atoms with Crippen molar-refractivity contribution in [2.45, 2.75) is 26.3 Å². The quantitative estimate of drug-likeness (QED) is 0.782. The first-order chi connectivity index (χ1) is 7.16. The van der Waals surface area contributed by atoms with E-state index < -0.39 is 0 Å². The summed E-state index contributed by atoms with van der Waals surface area (Å²) in [6, 6.07) is 0.249. The minimum atomic E-state index is 0.0450. The minimum Gasteiger partial charge on any atom is -0.313 e. The molecule has 0 aromatic carbocycles. The molecule has 0 radical (unpaired) electrons. The van der Waals surface area contributed by atoms with E-state index in [9.17, 15) is 4.79 Å². The Morgan fingerprint density at radius 2 is 2.47 bits per heavy atom. The Bertz CT molecular complexity index is 365. The van der Waals surface area contributed by atoms with Crippen LogP contribution in [0.15, 0.2) is 0 Å². The Morgan fingerprint density at radius 3 is 3.00 bits per heavy atom. The predicted molar refractivity (Wildman–Crippen MR) is 58.8 cm³/mol. The number of carbonyl (C=O) groups excluding carboxylic acids is 1. The van der Waals surface area contributed by atoms with Gasteiger partial charge in [-0.3, -0.25) is 4.79 Å². The summed E-state index contributed by atoms with van der Waals surface area (Å²) in [5.41, 5.74) is 0. The first-order valence-corrected chi connectivity index (χ1v) is 5.78. The van der Waals surface area contributed by atoms with Crippen LogP contribution in [-0.2, 0) is 4.79 Å². The molecule has 1 fully saturated rings. The molecule has 0 aliphatic carbocycles. The van der Waals surface area contributed by atoms with Crippen molar-refractivity contribution in [1.82, 2.24) is 14.7 Å². The second-order valence-electron chi connectivity index (χ2n) is 3.77. The summed E-state index contributed by atoms with van der Waals surface area (Å²) >= 11 is 1.22. The van der Waals surface area contributed by atoms with Gasteiger partial charge in [-0.2, -0.15) is 4.37 Å². The zero-order valence-electron chi connectivity index (χ0n) is 8.78. The van der Waals surface area contributed by atoms with Crippen molar-refractivity contribution >= 4 is 22.6 Å². The number of anilines is 1. The van der Waals surface area contributed by atoms with Gasteiger partial charge in [0, 0.05) is 17.6 Å². The monoisotopic (exact) mass is 226 g/mol. The smallest absolute Gasteiger partial charge is 0.230 e. The molecule has 2 heterocycles. The van der Waals surface area contributed by atoms with E-state index in [2.05, 4.69) is 20.0 Å². The van der Waals surface area contributed by atoms with Crippen LogP contribution >= 0.6 is 11.5 Å². The van der Waals surface area contributed by atoms with Crippen LogP contribution in [0, 0.1) is 12.8 Å². The van der Waals surface area contributed by atoms with Crippen LogP contribution in [0.2, 0.25) is 0 Å². The second kappa shape index (κ2) is 4.24. The normalized spacial score (nSPS) is 25.5. The molecule has 1 aliphatic rings. The van der Waals surface area contributed by atoms with E-state index in [4.69, 9.17) is 0 Å². The van der Waals surface area contributed by atoms with Crippen molar-refractivity contribution in [3.63, 3.8) is 0 Å². The van der Waals surface area contributed by atoms with Gasteiger partial charge in [0.05, 0.1) is 5.92 Å². The van der Waals surface area contributed by atoms with Crippen LogP contribution in [0.25, 0.3) is 0 Å². The summed E-state index contributed by atoms with van der Waals surface area (Å²) in [7, 11) is 0. The second-order valence-corrected chi connectivity index (χ2v) is 4.53. The summed E-state index contributed by atoms with van der Waals surface area (Å²) in [5, 5.41) is 6.64. The van der Waals surface area contributed by atoms with E-state index in [-0.39, 0.29) is 17.9 Å². The van der Waals surface area contributed by atoms with Crippen molar-refractivity contribution in [3.05, 3.63) is 5.82 Å². The van der Waals surface area contributed by atoms with Crippen LogP contribution in [-0.4, -0.2) is 27.9 Å². The lowest BCUT2D eigenvalue weighted by atomic mass is 10.0. The summed E-state index contributed by atoms with van der Waals surface area (Å²) < 4.78 is 4.02. The third-order valence-electron chi connectivity index (χ3n) is 2.62. The zero-order valence-corrected chi connectivity index (χ0v) is 9.60. The fourth-order valence-electron chi connectivity index (χ4n) is 1.76. The Hall–Kier alpha value is -1.01. The van der Waals surface area contributed by atoms with Gasteiger partial charge in [0.2, 0.25) is 11.0 Å². The number of rotatable bonds is 2. The van der Waals surface area contributed by atoms with Gasteiger partial charge in [-0.1, -0.05) is 0 Å². The van der Waals surface area contributed by atoms with Crippen molar-refractivity contribution in [3.8, 4) is 0 Å². The lowest BCUT2D eigenvalue weighted by molar-refractivity contribution is -0.119. The Morgan fingerprint density at radius 1 is 1.67 bits per heavy atom. The van der Waals surface area contributed by atoms with E-state index in [1.54, 1.807) is 0 Å². The Kier molecular flexibility index (Phi) is 2.97. The molecule has 1 aliphatic heterocycles. The van der Waals surface area contributed by atoms with E-state index in [0.717, 1.165) is 13.0 Å². The molecule has 82 valence electrons. The number of aryl methyl sites for hydroxylation is 1. The first-order valence-electron chi connectivity index (χ1n) is 5.01. The first kappa shape index (κ1) is 10.5. The highest BCUT2D eigenvalue weighted by Gasteiger charge is 2.29. The highest BCUT2D eigenvalue weighted by atomic mass is 32.1. The fraction of sp³-hybridized carbons (Fsp3) is 0.667. The van der Waals surface area contributed by atoms with Gasteiger partial charge in [-0.15, -0.1) is 0 Å². The van der Waals surface area contributed by atoms with Crippen LogP contribution in [0.3, 0.4) is 0 Å². The summed E-state index contributed by atoms with van der Waals surface area (Å²) in [4.78, 5) is 15.9. The maximum Gasteiger partial charge on any atom is 0.230 e. The van der Waals surface area contributed by atoms with Crippen LogP contribution in [0.1, 0.15) is 19.2 Å². The molecule has 2 N–H and O–H groups in total. The third-order valence-corrected chi connectivity index (χ3v) is 3.34. The van der Waals surface area contributed by atoms with Crippen LogP contribution in [0.5, 0.6) is 0 Å². The predicted octanol–water partition coefficient (Wildman–Crippen LogP) is 0.783. The number of hydrogen-bond donors (Lipinski definition) is 2. The Balaban J connectivity index is 1.97. The molecule has 0 saturated carbocycles. The van der Waals surface area contributed by atoms with Crippen molar-refractivity contribution < 1.29 is 4.79 Å². The summed E-state index contributed by atoms with van der Waals surface area (Å²) in [6.07, 6.45) is 0.894. The highest BCUT2D eigenvalue weighted by molar-refractivity contribution is 7.09. The van der Waals surface area contributed by atoms with E-state index in [0.29, 0.717) is 11.0 Å². The molecule has 6 heteroatoms. The van der Waals surface area contributed by atoms with Gasteiger partial charge in [0.25, 0.3) is 0 Å². The average Bonchev–Trinajstić information content (AvgIpc) is 2.75. The zero-order chi connectivity index (χ0) is 10.8. The van der Waals surface area contributed by atoms with Crippen molar-refractivity contribution in [1.29, 1.82) is 0 Å². The van der Waals surface area contributed by atoms with Gasteiger partial charge in [0.1, 0.15) is 5.82 Å². The molecular formula is C9H14N4OS. The molecule has 0 spiro atoms. The number of nitrogens with one attached hydrogen (secondary N) is 2. The van der Waals surface area contributed by atoms with Gasteiger partial charge in [-0.25, -0.2) is 4.98 Å². The van der Waals surface area contributed by atoms with E-state index in [1.165, 1.54) is 11.5 Å². The molecule has 5 nitrogen and oxygen atoms in total. The SMILES string of the molecule is Cc1nsc(NC(=O)C2CCNC2C)n1. The molecule has 2 rings (SSSR count). The lowest BCUT2D eigenvalue weighted by Gasteiger charge is -2.12. The molecule has 0 bridgehead atoms. The fourth-order valence-corrected chi connectivity index (χ4v) is 2.34. The topological polar surface area (TPSA) is 66.9 Å². The van der Waals surface area contributed by atoms with Gasteiger partial charge in [0.15, 0.2) is 0 Å². The molecule has 1 amide bonds. The van der Waals surface area contributed by atoms with Gasteiger partial charge >= 0.3 is 0 Å². The van der Waals surface area contributed by atoms with Crippen molar-refractivity contribution in [2.24, 2.45) is 5.92 Å². The summed E-state index contributed by atoms with van der Waals surface area (Å²) in [5.74, 6) is 0.797. The summed E-state index contributed by atoms with van der Waals surface area (Å²) in [6.45, 7) is 4.75. The van der Waals surface area contributed by atoms with E-state index in [1.807, 2.05) is 13.8 Å². The molecular weight excluding hydrogens is 212 g/mol. The lowest BCUT2D eigenvalue weighted by Crippen LogP contribution is -2.32. The molecule has 1 aromatic rings. The number of aromatic nitrogens is 2. The maximum atomic E-state index is 11.8. The molecule has 2 unspecified atom stereocenters. The van der Waals surface area contributed by atoms with Crippen molar-refractivity contribution in [2.75, 3.05) is 11.9 Å². The van der Waals surface area contributed by atoms with Crippen LogP contribution < -0.4 is 10.6 Å². The molecule has 15 heavy (non-hydrogen) atoms. The largest absolute Gasteiger partial charge is 0.313 e. The number of carbonyl (C=O) groups is 1. The number of amides is 1. The Labute approximate surface area is 92.5 Å². The van der Waals surface area contributed by atoms with E-state index >= 15 is 0 Å². The molecule has 1 aromatic heterocycles. The highest BCUT2D eigenvalue weighted by Crippen LogP contribution is 2.18. The molecule has 2 atom stereocenters. The van der Waals surface area contributed by atoms with Crippen LogP contribution in [0.4, 0.5) is 5.13 Å². The van der Waals surface area contributed by atoms with Gasteiger partial charge < -0.3 is 10.6 Å². The number of nitrogens with zero attached hydrogens (tertiary/aromatic N) is 2. The minimum absolute atomic E-state index is 0.0450. The average molecular weight is 226 g/mol. The molecule has 1 saturated heterocycles. The standard InChI is InChI=1S/C9H14N4OS/c1-5-7(3-4-10-5)8(14)12-9-11-6(2)13-15-9/h5,7,10H,3-4H2,1-2H3,(H,11,12,13,14).